The molecule has 0 atom stereocenters. The van der Waals surface area contributed by atoms with Crippen LogP contribution in [0.1, 0.15) is 22.3 Å². The molecule has 3 rings (SSSR count). The number of methoxy groups -OCH3 is 1. The van der Waals surface area contributed by atoms with Gasteiger partial charge in [0, 0.05) is 12.1 Å². The molecule has 0 unspecified atom stereocenters. The lowest BCUT2D eigenvalue weighted by atomic mass is 9.94. The zero-order valence-electron chi connectivity index (χ0n) is 18.9. The van der Waals surface area contributed by atoms with Crippen LogP contribution in [0.4, 0.5) is 13.2 Å². The summed E-state index contributed by atoms with van der Waals surface area (Å²) in [6.45, 7) is -0.186. The van der Waals surface area contributed by atoms with Crippen LogP contribution in [0.2, 0.25) is 0 Å². The molecule has 9 heteroatoms. The van der Waals surface area contributed by atoms with E-state index in [-0.39, 0.29) is 31.7 Å². The van der Waals surface area contributed by atoms with Gasteiger partial charge in [0.25, 0.3) is 0 Å². The first-order valence-corrected chi connectivity index (χ1v) is 10.7. The third-order valence-electron chi connectivity index (χ3n) is 5.17. The van der Waals surface area contributed by atoms with Crippen molar-refractivity contribution in [3.05, 3.63) is 89.0 Å². The number of alkyl halides is 3. The van der Waals surface area contributed by atoms with Crippen LogP contribution in [0.5, 0.6) is 5.75 Å². The van der Waals surface area contributed by atoms with E-state index < -0.39 is 23.7 Å². The number of halogens is 3. The maximum atomic E-state index is 13.4. The van der Waals surface area contributed by atoms with Gasteiger partial charge in [0.1, 0.15) is 12.4 Å². The smallest absolute Gasteiger partial charge is 0.416 e. The molecular formula is C26H24F3NO5. The van der Waals surface area contributed by atoms with E-state index in [4.69, 9.17) is 14.6 Å². The summed E-state index contributed by atoms with van der Waals surface area (Å²) in [7, 11) is 1.42. The van der Waals surface area contributed by atoms with Crippen LogP contribution < -0.4 is 10.1 Å². The van der Waals surface area contributed by atoms with Gasteiger partial charge in [-0.3, -0.25) is 9.59 Å². The first-order valence-electron chi connectivity index (χ1n) is 10.7. The van der Waals surface area contributed by atoms with Crippen molar-refractivity contribution in [1.82, 2.24) is 5.32 Å². The monoisotopic (exact) mass is 487 g/mol. The van der Waals surface area contributed by atoms with Crippen molar-refractivity contribution in [2.45, 2.75) is 25.7 Å². The zero-order chi connectivity index (χ0) is 25.4. The summed E-state index contributed by atoms with van der Waals surface area (Å²) in [5, 5.41) is 11.9. The molecule has 0 radical (unpaired) electrons. The van der Waals surface area contributed by atoms with Gasteiger partial charge in [-0.2, -0.15) is 13.2 Å². The van der Waals surface area contributed by atoms with Gasteiger partial charge < -0.3 is 19.9 Å². The average molecular weight is 487 g/mol. The van der Waals surface area contributed by atoms with Gasteiger partial charge >= 0.3 is 18.1 Å². The van der Waals surface area contributed by atoms with E-state index >= 15 is 0 Å². The summed E-state index contributed by atoms with van der Waals surface area (Å²) in [6, 6.07) is 17.1. The number of hydrogen-bond acceptors (Lipinski definition) is 5. The summed E-state index contributed by atoms with van der Waals surface area (Å²) < 4.78 is 50.7. The molecule has 0 bridgehead atoms. The molecule has 0 aliphatic heterocycles. The highest BCUT2D eigenvalue weighted by Gasteiger charge is 2.31. The molecule has 184 valence electrons. The second kappa shape index (κ2) is 11.5. The number of hydrogen-bond donors (Lipinski definition) is 2. The van der Waals surface area contributed by atoms with E-state index in [9.17, 15) is 22.8 Å². The molecule has 2 N–H and O–H groups in total. The van der Waals surface area contributed by atoms with Crippen molar-refractivity contribution in [3.63, 3.8) is 0 Å². The highest BCUT2D eigenvalue weighted by atomic mass is 19.4. The highest BCUT2D eigenvalue weighted by molar-refractivity contribution is 5.77. The summed E-state index contributed by atoms with van der Waals surface area (Å²) in [5.74, 6) is -1.21. The maximum absolute atomic E-state index is 13.4. The quantitative estimate of drug-likeness (QED) is 0.398. The summed E-state index contributed by atoms with van der Waals surface area (Å²) >= 11 is 0. The largest absolute Gasteiger partial charge is 0.496 e. The van der Waals surface area contributed by atoms with E-state index in [0.717, 1.165) is 17.7 Å². The van der Waals surface area contributed by atoms with E-state index in [1.165, 1.54) is 13.2 Å². The van der Waals surface area contributed by atoms with Crippen LogP contribution in [0.3, 0.4) is 0 Å². The van der Waals surface area contributed by atoms with Crippen molar-refractivity contribution in [1.29, 1.82) is 0 Å². The number of benzene rings is 3. The lowest BCUT2D eigenvalue weighted by Crippen LogP contribution is -2.24. The highest BCUT2D eigenvalue weighted by Crippen LogP contribution is 2.37. The lowest BCUT2D eigenvalue weighted by molar-refractivity contribution is -0.144. The normalized spacial score (nSPS) is 11.2. The number of ether oxygens (including phenoxy) is 2. The van der Waals surface area contributed by atoms with Crippen LogP contribution in [0.25, 0.3) is 11.1 Å². The lowest BCUT2D eigenvalue weighted by Gasteiger charge is -2.17. The second-order valence-electron chi connectivity index (χ2n) is 7.72. The second-order valence-corrected chi connectivity index (χ2v) is 7.72. The molecule has 0 saturated carbocycles. The average Bonchev–Trinajstić information content (AvgIpc) is 2.82. The Balaban J connectivity index is 1.82. The Morgan fingerprint density at radius 1 is 0.943 bits per heavy atom. The van der Waals surface area contributed by atoms with Crippen LogP contribution in [-0.4, -0.2) is 30.7 Å². The molecule has 0 spiro atoms. The molecule has 0 saturated heterocycles. The van der Waals surface area contributed by atoms with Crippen LogP contribution in [0, 0.1) is 0 Å². The van der Waals surface area contributed by atoms with Crippen molar-refractivity contribution in [2.24, 2.45) is 0 Å². The molecular weight excluding hydrogens is 463 g/mol. The van der Waals surface area contributed by atoms with Gasteiger partial charge in [-0.25, -0.2) is 0 Å². The minimum absolute atomic E-state index is 0.0635. The van der Waals surface area contributed by atoms with Crippen molar-refractivity contribution >= 4 is 11.9 Å². The van der Waals surface area contributed by atoms with Gasteiger partial charge in [0.15, 0.2) is 0 Å². The van der Waals surface area contributed by atoms with Crippen molar-refractivity contribution in [2.75, 3.05) is 13.7 Å². The topological polar surface area (TPSA) is 84.9 Å². The fourth-order valence-corrected chi connectivity index (χ4v) is 3.52. The number of carboxylic acid groups (broad SMARTS) is 1. The first-order chi connectivity index (χ1) is 16.7. The fourth-order valence-electron chi connectivity index (χ4n) is 3.52. The van der Waals surface area contributed by atoms with E-state index in [1.54, 1.807) is 18.2 Å². The molecule has 0 aliphatic rings. The summed E-state index contributed by atoms with van der Waals surface area (Å²) in [6.07, 6.45) is -4.81. The Morgan fingerprint density at radius 2 is 1.69 bits per heavy atom. The minimum atomic E-state index is -4.56. The Kier molecular flexibility index (Phi) is 8.48. The van der Waals surface area contributed by atoms with E-state index in [0.29, 0.717) is 22.4 Å². The SMILES string of the molecule is COc1ccc(CC(=O)O)cc1-c1ccc(C(F)(F)F)cc1CNCC(=O)OCc1ccccc1. The number of rotatable bonds is 10. The van der Waals surface area contributed by atoms with Crippen molar-refractivity contribution < 1.29 is 37.3 Å². The zero-order valence-corrected chi connectivity index (χ0v) is 18.9. The standard InChI is InChI=1S/C26H24F3NO5/c1-34-23-10-7-18(12-24(31)32)11-22(23)21-9-8-20(26(27,28)29)13-19(21)14-30-15-25(33)35-16-17-5-3-2-4-6-17/h2-11,13,30H,12,14-16H2,1H3,(H,31,32). The first kappa shape index (κ1) is 25.8. The van der Waals surface area contributed by atoms with Crippen LogP contribution in [0.15, 0.2) is 66.7 Å². The third-order valence-corrected chi connectivity index (χ3v) is 5.17. The maximum Gasteiger partial charge on any atom is 0.416 e. The van der Waals surface area contributed by atoms with Gasteiger partial charge in [0.2, 0.25) is 0 Å². The number of carbonyl (C=O) groups excluding carboxylic acids is 1. The van der Waals surface area contributed by atoms with Gasteiger partial charge in [0.05, 0.1) is 25.6 Å². The number of esters is 1. The molecule has 3 aromatic carbocycles. The van der Waals surface area contributed by atoms with Gasteiger partial charge in [-0.05, 0) is 46.5 Å². The van der Waals surface area contributed by atoms with Crippen molar-refractivity contribution in [3.8, 4) is 16.9 Å². The number of carbonyl (C=O) groups is 2. The number of nitrogens with one attached hydrogen (secondary N) is 1. The number of carboxylic acids is 1. The number of aliphatic carboxylic acids is 1. The Hall–Kier alpha value is -3.85. The Morgan fingerprint density at radius 3 is 2.34 bits per heavy atom. The molecule has 0 heterocycles. The van der Waals surface area contributed by atoms with E-state index in [1.807, 2.05) is 30.3 Å². The van der Waals surface area contributed by atoms with Gasteiger partial charge in [-0.1, -0.05) is 42.5 Å². The minimum Gasteiger partial charge on any atom is -0.496 e. The summed E-state index contributed by atoms with van der Waals surface area (Å²) in [5.41, 5.74) is 1.58. The van der Waals surface area contributed by atoms with Crippen LogP contribution in [-0.2, 0) is 40.1 Å². The van der Waals surface area contributed by atoms with Crippen LogP contribution >= 0.6 is 0 Å². The Bertz CT molecular complexity index is 1180. The predicted octanol–water partition coefficient (Wildman–Crippen LogP) is 4.84. The molecule has 0 aliphatic carbocycles. The van der Waals surface area contributed by atoms with Gasteiger partial charge in [-0.15, -0.1) is 0 Å². The molecule has 3 aromatic rings. The molecule has 0 fully saturated rings. The predicted molar refractivity (Wildman–Crippen MR) is 123 cm³/mol. The fraction of sp³-hybridized carbons (Fsp3) is 0.231. The third kappa shape index (κ3) is 7.31. The molecule has 0 amide bonds. The van der Waals surface area contributed by atoms with E-state index in [2.05, 4.69) is 5.32 Å². The summed E-state index contributed by atoms with van der Waals surface area (Å²) in [4.78, 5) is 23.2. The molecule has 6 nitrogen and oxygen atoms in total. The molecule has 35 heavy (non-hydrogen) atoms. The Labute approximate surface area is 200 Å². The molecule has 0 aromatic heterocycles.